The molecule has 4 aromatic rings. The van der Waals surface area contributed by atoms with Gasteiger partial charge in [0.1, 0.15) is 16.7 Å². The van der Waals surface area contributed by atoms with E-state index in [4.69, 9.17) is 27.7 Å². The van der Waals surface area contributed by atoms with Crippen molar-refractivity contribution in [1.29, 1.82) is 0 Å². The number of sulfone groups is 1. The number of hydrogen-bond acceptors (Lipinski definition) is 5. The Kier molecular flexibility index (Phi) is 7.26. The molecular formula is C25H16Cl2F3NO4S. The van der Waals surface area contributed by atoms with Crippen LogP contribution in [0.15, 0.2) is 83.4 Å². The minimum Gasteiger partial charge on any atom is -0.352 e. The highest BCUT2D eigenvalue weighted by Crippen LogP contribution is 2.34. The lowest BCUT2D eigenvalue weighted by Crippen LogP contribution is -2.23. The van der Waals surface area contributed by atoms with Crippen molar-refractivity contribution >= 4 is 38.8 Å². The third-order valence-electron chi connectivity index (χ3n) is 5.31. The van der Waals surface area contributed by atoms with E-state index in [0.29, 0.717) is 21.2 Å². The summed E-state index contributed by atoms with van der Waals surface area (Å²) in [7, 11) is -4.16. The quantitative estimate of drug-likeness (QED) is 0.229. The lowest BCUT2D eigenvalue weighted by molar-refractivity contribution is -0.137. The SMILES string of the molecule is O=C(CS(=O)(=O)C(c1ccc(Cl)cc1)c1ccc(Cl)cc1)c1cc(-c2cccc(C(F)(F)F)c2)no1. The Bertz CT molecular complexity index is 1450. The number of Topliss-reactive ketones (excluding diaryl/α,β-unsaturated/α-hetero) is 1. The van der Waals surface area contributed by atoms with Crippen LogP contribution in [0, 0.1) is 0 Å². The van der Waals surface area contributed by atoms with Crippen LogP contribution in [0.3, 0.4) is 0 Å². The van der Waals surface area contributed by atoms with Crippen molar-refractivity contribution < 1.29 is 30.9 Å². The average Bonchev–Trinajstić information content (AvgIpc) is 3.32. The van der Waals surface area contributed by atoms with Crippen molar-refractivity contribution in [2.24, 2.45) is 0 Å². The summed E-state index contributed by atoms with van der Waals surface area (Å²) in [4.78, 5) is 12.9. The van der Waals surface area contributed by atoms with Crippen molar-refractivity contribution in [3.8, 4) is 11.3 Å². The van der Waals surface area contributed by atoms with E-state index >= 15 is 0 Å². The van der Waals surface area contributed by atoms with Gasteiger partial charge in [-0.2, -0.15) is 13.2 Å². The lowest BCUT2D eigenvalue weighted by atomic mass is 10.0. The minimum absolute atomic E-state index is 0.0335. The van der Waals surface area contributed by atoms with Crippen LogP contribution in [0.1, 0.15) is 32.5 Å². The average molecular weight is 554 g/mol. The first kappa shape index (κ1) is 25.9. The molecule has 0 saturated heterocycles. The summed E-state index contributed by atoms with van der Waals surface area (Å²) >= 11 is 11.9. The number of rotatable bonds is 7. The third kappa shape index (κ3) is 5.80. The van der Waals surface area contributed by atoms with E-state index in [1.807, 2.05) is 0 Å². The zero-order valence-corrected chi connectivity index (χ0v) is 20.5. The van der Waals surface area contributed by atoms with E-state index in [2.05, 4.69) is 5.16 Å². The minimum atomic E-state index is -4.56. The van der Waals surface area contributed by atoms with Crippen molar-refractivity contribution in [2.75, 3.05) is 5.75 Å². The number of alkyl halides is 3. The monoisotopic (exact) mass is 553 g/mol. The molecule has 0 atom stereocenters. The highest BCUT2D eigenvalue weighted by molar-refractivity contribution is 7.92. The molecule has 0 spiro atoms. The normalized spacial score (nSPS) is 12.2. The molecule has 0 aliphatic heterocycles. The van der Waals surface area contributed by atoms with Gasteiger partial charge in [0.05, 0.1) is 5.56 Å². The number of aromatic nitrogens is 1. The van der Waals surface area contributed by atoms with Crippen LogP contribution in [-0.2, 0) is 16.0 Å². The fraction of sp³-hybridized carbons (Fsp3) is 0.120. The Morgan fingerprint density at radius 1 is 0.889 bits per heavy atom. The van der Waals surface area contributed by atoms with E-state index in [1.165, 1.54) is 36.4 Å². The number of carbonyl (C=O) groups is 1. The predicted molar refractivity (Wildman–Crippen MR) is 130 cm³/mol. The number of carbonyl (C=O) groups excluding carboxylic acids is 1. The van der Waals surface area contributed by atoms with Gasteiger partial charge in [0.25, 0.3) is 0 Å². The largest absolute Gasteiger partial charge is 0.416 e. The molecule has 4 rings (SSSR count). The molecule has 0 unspecified atom stereocenters. The second kappa shape index (κ2) is 10.1. The van der Waals surface area contributed by atoms with Crippen LogP contribution in [0.2, 0.25) is 10.0 Å². The zero-order valence-electron chi connectivity index (χ0n) is 18.2. The predicted octanol–water partition coefficient (Wildman–Crippen LogP) is 7.05. The molecule has 3 aromatic carbocycles. The summed E-state index contributed by atoms with van der Waals surface area (Å²) in [5, 5.41) is 3.26. The van der Waals surface area contributed by atoms with Gasteiger partial charge in [-0.15, -0.1) is 0 Å². The summed E-state index contributed by atoms with van der Waals surface area (Å²) < 4.78 is 71.0. The second-order valence-electron chi connectivity index (χ2n) is 7.87. The molecule has 1 aromatic heterocycles. The molecule has 1 heterocycles. The van der Waals surface area contributed by atoms with Crippen LogP contribution in [0.4, 0.5) is 13.2 Å². The maximum Gasteiger partial charge on any atom is 0.416 e. The van der Waals surface area contributed by atoms with Gasteiger partial charge in [-0.1, -0.05) is 64.8 Å². The lowest BCUT2D eigenvalue weighted by Gasteiger charge is -2.18. The van der Waals surface area contributed by atoms with Crippen molar-refractivity contribution in [2.45, 2.75) is 11.4 Å². The van der Waals surface area contributed by atoms with E-state index in [1.54, 1.807) is 24.3 Å². The number of ketones is 1. The van der Waals surface area contributed by atoms with Crippen LogP contribution in [0.5, 0.6) is 0 Å². The number of benzene rings is 3. The Morgan fingerprint density at radius 2 is 1.44 bits per heavy atom. The van der Waals surface area contributed by atoms with Gasteiger partial charge >= 0.3 is 6.18 Å². The van der Waals surface area contributed by atoms with E-state index < -0.39 is 44.1 Å². The maximum atomic E-state index is 13.4. The van der Waals surface area contributed by atoms with Gasteiger partial charge in [0.15, 0.2) is 9.84 Å². The number of hydrogen-bond donors (Lipinski definition) is 0. The van der Waals surface area contributed by atoms with E-state index in [9.17, 15) is 26.4 Å². The van der Waals surface area contributed by atoms with Crippen molar-refractivity contribution in [3.63, 3.8) is 0 Å². The molecule has 0 aliphatic rings. The maximum absolute atomic E-state index is 13.4. The van der Waals surface area contributed by atoms with Crippen LogP contribution in [0.25, 0.3) is 11.3 Å². The molecular weight excluding hydrogens is 538 g/mol. The highest BCUT2D eigenvalue weighted by atomic mass is 35.5. The molecule has 0 fully saturated rings. The molecule has 0 aliphatic carbocycles. The molecule has 0 bridgehead atoms. The molecule has 0 N–H and O–H groups in total. The first-order valence-electron chi connectivity index (χ1n) is 10.3. The fourth-order valence-electron chi connectivity index (χ4n) is 3.62. The van der Waals surface area contributed by atoms with Crippen LogP contribution < -0.4 is 0 Å². The Labute approximate surface area is 214 Å². The fourth-order valence-corrected chi connectivity index (χ4v) is 5.69. The second-order valence-corrected chi connectivity index (χ2v) is 10.8. The number of halogens is 5. The number of nitrogens with zero attached hydrogens (tertiary/aromatic N) is 1. The van der Waals surface area contributed by atoms with Gasteiger partial charge in [-0.25, -0.2) is 8.42 Å². The molecule has 0 radical (unpaired) electrons. The van der Waals surface area contributed by atoms with Gasteiger partial charge in [0, 0.05) is 21.7 Å². The Morgan fingerprint density at radius 3 is 1.97 bits per heavy atom. The molecule has 0 saturated carbocycles. The van der Waals surface area contributed by atoms with Gasteiger partial charge in [-0.3, -0.25) is 4.79 Å². The van der Waals surface area contributed by atoms with Crippen LogP contribution in [-0.4, -0.2) is 25.1 Å². The molecule has 5 nitrogen and oxygen atoms in total. The summed E-state index contributed by atoms with van der Waals surface area (Å²) in [6.45, 7) is 0. The van der Waals surface area contributed by atoms with Crippen molar-refractivity contribution in [3.05, 3.63) is 111 Å². The van der Waals surface area contributed by atoms with Gasteiger partial charge in [-0.05, 0) is 47.5 Å². The molecule has 36 heavy (non-hydrogen) atoms. The van der Waals surface area contributed by atoms with Crippen LogP contribution >= 0.6 is 23.2 Å². The summed E-state index contributed by atoms with van der Waals surface area (Å²) in [6.07, 6.45) is -4.56. The van der Waals surface area contributed by atoms with E-state index in [-0.39, 0.29) is 11.3 Å². The first-order valence-corrected chi connectivity index (χ1v) is 12.8. The topological polar surface area (TPSA) is 77.2 Å². The van der Waals surface area contributed by atoms with Crippen molar-refractivity contribution in [1.82, 2.24) is 5.16 Å². The third-order valence-corrected chi connectivity index (χ3v) is 7.74. The first-order chi connectivity index (χ1) is 16.9. The molecule has 186 valence electrons. The smallest absolute Gasteiger partial charge is 0.352 e. The standard InChI is InChI=1S/C25H16Cl2F3NO4S/c26-19-8-4-15(5-9-19)24(16-6-10-20(27)11-7-16)36(33,34)14-22(32)23-13-21(31-35-23)17-2-1-3-18(12-17)25(28,29)30/h1-13,24H,14H2. The van der Waals surface area contributed by atoms with Gasteiger partial charge in [0.2, 0.25) is 11.5 Å². The molecule has 0 amide bonds. The van der Waals surface area contributed by atoms with Gasteiger partial charge < -0.3 is 4.52 Å². The zero-order chi connectivity index (χ0) is 26.1. The van der Waals surface area contributed by atoms with E-state index in [0.717, 1.165) is 18.2 Å². The Hall–Kier alpha value is -3.14. The summed E-state index contributed by atoms with van der Waals surface area (Å²) in [5.74, 6) is -2.22. The highest BCUT2D eigenvalue weighted by Gasteiger charge is 2.33. The Balaban J connectivity index is 1.63. The summed E-state index contributed by atoms with van der Waals surface area (Å²) in [6, 6.07) is 17.8. The summed E-state index contributed by atoms with van der Waals surface area (Å²) in [5.41, 5.74) is -0.0924. The molecule has 11 heteroatoms.